The van der Waals surface area contributed by atoms with Crippen molar-refractivity contribution in [3.8, 4) is 0 Å². The molecule has 2 rings (SSSR count). The number of benzene rings is 2. The van der Waals surface area contributed by atoms with E-state index in [1.807, 2.05) is 19.0 Å². The zero-order valence-corrected chi connectivity index (χ0v) is 16.5. The van der Waals surface area contributed by atoms with Crippen molar-refractivity contribution in [2.45, 2.75) is 11.8 Å². The first kappa shape index (κ1) is 20.2. The van der Waals surface area contributed by atoms with Crippen molar-refractivity contribution in [2.75, 3.05) is 31.9 Å². The van der Waals surface area contributed by atoms with Crippen LogP contribution in [0.2, 0.25) is 5.02 Å². The molecule has 0 saturated carbocycles. The highest BCUT2D eigenvalue weighted by molar-refractivity contribution is 7.92. The van der Waals surface area contributed by atoms with Gasteiger partial charge in [0, 0.05) is 23.7 Å². The molecule has 0 fully saturated rings. The number of amides is 1. The number of halogens is 1. The van der Waals surface area contributed by atoms with E-state index < -0.39 is 10.0 Å². The maximum absolute atomic E-state index is 12.5. The molecule has 2 aromatic carbocycles. The van der Waals surface area contributed by atoms with Gasteiger partial charge in [0.05, 0.1) is 10.6 Å². The van der Waals surface area contributed by atoms with Gasteiger partial charge in [0.2, 0.25) is 0 Å². The van der Waals surface area contributed by atoms with E-state index in [-0.39, 0.29) is 10.8 Å². The molecule has 0 unspecified atom stereocenters. The van der Waals surface area contributed by atoms with Crippen molar-refractivity contribution in [3.63, 3.8) is 0 Å². The molecule has 0 heterocycles. The third-order valence-corrected chi connectivity index (χ3v) is 5.57. The van der Waals surface area contributed by atoms with Gasteiger partial charge in [0.25, 0.3) is 15.9 Å². The first-order valence-corrected chi connectivity index (χ1v) is 9.88. The number of nitrogens with zero attached hydrogens (tertiary/aromatic N) is 1. The molecule has 0 aliphatic carbocycles. The summed E-state index contributed by atoms with van der Waals surface area (Å²) in [7, 11) is 0.0640. The maximum Gasteiger partial charge on any atom is 0.261 e. The number of hydrogen-bond acceptors (Lipinski definition) is 4. The van der Waals surface area contributed by atoms with Crippen LogP contribution in [0.15, 0.2) is 47.4 Å². The summed E-state index contributed by atoms with van der Waals surface area (Å²) >= 11 is 6.02. The van der Waals surface area contributed by atoms with Crippen molar-refractivity contribution in [1.82, 2.24) is 10.2 Å². The fourth-order valence-corrected chi connectivity index (χ4v) is 3.50. The van der Waals surface area contributed by atoms with Gasteiger partial charge in [-0.05, 0) is 63.0 Å². The van der Waals surface area contributed by atoms with E-state index in [1.54, 1.807) is 25.1 Å². The topological polar surface area (TPSA) is 78.5 Å². The molecule has 26 heavy (non-hydrogen) atoms. The molecule has 0 aliphatic heterocycles. The molecule has 0 aliphatic rings. The first-order valence-electron chi connectivity index (χ1n) is 8.01. The first-order chi connectivity index (χ1) is 12.2. The summed E-state index contributed by atoms with van der Waals surface area (Å²) < 4.78 is 27.6. The van der Waals surface area contributed by atoms with Gasteiger partial charge in [0.1, 0.15) is 0 Å². The van der Waals surface area contributed by atoms with Gasteiger partial charge >= 0.3 is 0 Å². The molecule has 140 valence electrons. The lowest BCUT2D eigenvalue weighted by Gasteiger charge is -2.12. The van der Waals surface area contributed by atoms with Crippen LogP contribution in [0.5, 0.6) is 0 Å². The molecule has 0 saturated heterocycles. The van der Waals surface area contributed by atoms with Crippen LogP contribution < -0.4 is 10.0 Å². The van der Waals surface area contributed by atoms with Gasteiger partial charge in [-0.3, -0.25) is 9.52 Å². The van der Waals surface area contributed by atoms with Crippen LogP contribution in [-0.2, 0) is 10.0 Å². The number of sulfonamides is 1. The Morgan fingerprint density at radius 2 is 1.77 bits per heavy atom. The highest BCUT2D eigenvalue weighted by atomic mass is 35.5. The van der Waals surface area contributed by atoms with Crippen molar-refractivity contribution >= 4 is 33.2 Å². The van der Waals surface area contributed by atoms with Crippen molar-refractivity contribution in [1.29, 1.82) is 0 Å². The molecule has 1 amide bonds. The predicted octanol–water partition coefficient (Wildman–Crippen LogP) is 2.74. The third kappa shape index (κ3) is 5.20. The van der Waals surface area contributed by atoms with Crippen molar-refractivity contribution in [3.05, 3.63) is 58.6 Å². The van der Waals surface area contributed by atoms with Crippen molar-refractivity contribution < 1.29 is 13.2 Å². The average molecular weight is 396 g/mol. The van der Waals surface area contributed by atoms with Crippen LogP contribution in [0.4, 0.5) is 5.69 Å². The minimum Gasteiger partial charge on any atom is -0.351 e. The van der Waals surface area contributed by atoms with E-state index >= 15 is 0 Å². The molecule has 2 N–H and O–H groups in total. The van der Waals surface area contributed by atoms with Crippen LogP contribution in [0.25, 0.3) is 0 Å². The molecule has 0 aromatic heterocycles. The second-order valence-corrected chi connectivity index (χ2v) is 8.19. The molecule has 0 spiro atoms. The summed E-state index contributed by atoms with van der Waals surface area (Å²) in [6.45, 7) is 2.98. The average Bonchev–Trinajstić information content (AvgIpc) is 2.58. The normalized spacial score (nSPS) is 11.4. The van der Waals surface area contributed by atoms with Gasteiger partial charge in [-0.1, -0.05) is 17.7 Å². The third-order valence-electron chi connectivity index (χ3n) is 3.78. The number of anilines is 1. The predicted molar refractivity (Wildman–Crippen MR) is 104 cm³/mol. The molecule has 0 atom stereocenters. The number of rotatable bonds is 7. The summed E-state index contributed by atoms with van der Waals surface area (Å²) in [4.78, 5) is 14.1. The number of hydrogen-bond donors (Lipinski definition) is 2. The number of nitrogens with one attached hydrogen (secondary N) is 2. The van der Waals surface area contributed by atoms with Gasteiger partial charge < -0.3 is 10.2 Å². The van der Waals surface area contributed by atoms with E-state index in [0.29, 0.717) is 28.4 Å². The van der Waals surface area contributed by atoms with E-state index in [9.17, 15) is 13.2 Å². The number of carbonyl (C=O) groups is 1. The van der Waals surface area contributed by atoms with Crippen LogP contribution in [0.3, 0.4) is 0 Å². The maximum atomic E-state index is 12.5. The second-order valence-electron chi connectivity index (χ2n) is 6.10. The Labute approximate surface area is 159 Å². The lowest BCUT2D eigenvalue weighted by atomic mass is 10.2. The Bertz CT molecular complexity index is 881. The standard InChI is InChI=1S/C18H22ClN3O3S/c1-13-16(19)5-4-6-17(13)21-26(24,25)15-9-7-14(8-10-15)18(23)20-11-12-22(2)3/h4-10,21H,11-12H2,1-3H3,(H,20,23). The van der Waals surface area contributed by atoms with E-state index in [2.05, 4.69) is 10.0 Å². The Kier molecular flexibility index (Phi) is 6.63. The highest BCUT2D eigenvalue weighted by Gasteiger charge is 2.16. The summed E-state index contributed by atoms with van der Waals surface area (Å²) in [6.07, 6.45) is 0. The zero-order chi connectivity index (χ0) is 19.3. The number of carbonyl (C=O) groups excluding carboxylic acids is 1. The quantitative estimate of drug-likeness (QED) is 0.755. The Morgan fingerprint density at radius 1 is 1.12 bits per heavy atom. The van der Waals surface area contributed by atoms with E-state index in [0.717, 1.165) is 6.54 Å². The molecule has 0 radical (unpaired) electrons. The molecule has 2 aromatic rings. The fraction of sp³-hybridized carbons (Fsp3) is 0.278. The second kappa shape index (κ2) is 8.53. The van der Waals surface area contributed by atoms with Gasteiger partial charge in [-0.15, -0.1) is 0 Å². The Balaban J connectivity index is 2.11. The van der Waals surface area contributed by atoms with Gasteiger partial charge in [0.15, 0.2) is 0 Å². The van der Waals surface area contributed by atoms with E-state index in [4.69, 9.17) is 11.6 Å². The lowest BCUT2D eigenvalue weighted by Crippen LogP contribution is -2.31. The van der Waals surface area contributed by atoms with Crippen LogP contribution in [0.1, 0.15) is 15.9 Å². The molecule has 6 nitrogen and oxygen atoms in total. The monoisotopic (exact) mass is 395 g/mol. The largest absolute Gasteiger partial charge is 0.351 e. The summed E-state index contributed by atoms with van der Waals surface area (Å²) in [5.74, 6) is -0.241. The summed E-state index contributed by atoms with van der Waals surface area (Å²) in [5.41, 5.74) is 1.47. The van der Waals surface area contributed by atoms with Gasteiger partial charge in [-0.25, -0.2) is 8.42 Å². The van der Waals surface area contributed by atoms with Gasteiger partial charge in [-0.2, -0.15) is 0 Å². The number of likely N-dealkylation sites (N-methyl/N-ethyl adjacent to an activating group) is 1. The zero-order valence-electron chi connectivity index (χ0n) is 14.9. The highest BCUT2D eigenvalue weighted by Crippen LogP contribution is 2.25. The van der Waals surface area contributed by atoms with Crippen molar-refractivity contribution in [2.24, 2.45) is 0 Å². The SMILES string of the molecule is Cc1c(Cl)cccc1NS(=O)(=O)c1ccc(C(=O)NCCN(C)C)cc1. The minimum absolute atomic E-state index is 0.0710. The van der Waals surface area contributed by atoms with Crippen LogP contribution in [-0.4, -0.2) is 46.4 Å². The smallest absolute Gasteiger partial charge is 0.261 e. The summed E-state index contributed by atoms with van der Waals surface area (Å²) in [5, 5.41) is 3.26. The Hall–Kier alpha value is -2.09. The molecular weight excluding hydrogens is 374 g/mol. The lowest BCUT2D eigenvalue weighted by molar-refractivity contribution is 0.0951. The minimum atomic E-state index is -3.77. The summed E-state index contributed by atoms with van der Waals surface area (Å²) in [6, 6.07) is 10.8. The molecule has 8 heteroatoms. The molecular formula is C18H22ClN3O3S. The molecule has 0 bridgehead atoms. The van der Waals surface area contributed by atoms with Crippen LogP contribution in [0, 0.1) is 6.92 Å². The Morgan fingerprint density at radius 3 is 2.38 bits per heavy atom. The van der Waals surface area contributed by atoms with Crippen LogP contribution >= 0.6 is 11.6 Å². The fourth-order valence-electron chi connectivity index (χ4n) is 2.20. The van der Waals surface area contributed by atoms with E-state index in [1.165, 1.54) is 24.3 Å².